The molecular weight excluding hydrogens is 352 g/mol. The molecule has 0 saturated carbocycles. The maximum absolute atomic E-state index is 5.36. The van der Waals surface area contributed by atoms with Crippen molar-refractivity contribution in [1.29, 1.82) is 0 Å². The first kappa shape index (κ1) is 16.9. The first-order valence-corrected chi connectivity index (χ1v) is 9.51. The third-order valence-electron chi connectivity index (χ3n) is 5.23. The number of rotatable bonds is 4. The fraction of sp³-hybridized carbons (Fsp3) is 0.286. The fourth-order valence-electron chi connectivity index (χ4n) is 3.76. The highest BCUT2D eigenvalue weighted by atomic mass is 16.5. The van der Waals surface area contributed by atoms with Crippen molar-refractivity contribution in [2.75, 3.05) is 25.5 Å². The zero-order valence-electron chi connectivity index (χ0n) is 15.9. The maximum Gasteiger partial charge on any atom is 0.226 e. The minimum atomic E-state index is 0.336. The van der Waals surface area contributed by atoms with E-state index in [9.17, 15) is 0 Å². The number of nitrogens with one attached hydrogen (secondary N) is 2. The van der Waals surface area contributed by atoms with Crippen LogP contribution in [0.2, 0.25) is 0 Å². The lowest BCUT2D eigenvalue weighted by molar-refractivity contribution is 0.415. The van der Waals surface area contributed by atoms with Crippen LogP contribution in [0.15, 0.2) is 42.5 Å². The van der Waals surface area contributed by atoms with E-state index in [0.29, 0.717) is 11.9 Å². The predicted octanol–water partition coefficient (Wildman–Crippen LogP) is 3.04. The molecular formula is C21H22N6O. The number of hydrogen-bond donors (Lipinski definition) is 2. The Morgan fingerprint density at radius 2 is 2.07 bits per heavy atom. The van der Waals surface area contributed by atoms with Crippen molar-refractivity contribution in [2.45, 2.75) is 19.4 Å². The minimum absolute atomic E-state index is 0.336. The predicted molar refractivity (Wildman–Crippen MR) is 110 cm³/mol. The van der Waals surface area contributed by atoms with Crippen LogP contribution < -0.4 is 15.4 Å². The first-order valence-electron chi connectivity index (χ1n) is 9.51. The number of ether oxygens (including phenoxy) is 1. The molecule has 4 aromatic rings. The molecule has 1 aliphatic rings. The Morgan fingerprint density at radius 1 is 1.18 bits per heavy atom. The van der Waals surface area contributed by atoms with Gasteiger partial charge < -0.3 is 15.4 Å². The molecule has 3 heterocycles. The van der Waals surface area contributed by atoms with Gasteiger partial charge in [0.2, 0.25) is 5.95 Å². The molecule has 1 atom stereocenters. The van der Waals surface area contributed by atoms with Crippen LogP contribution in [0.3, 0.4) is 0 Å². The number of methoxy groups -OCH3 is 1. The summed E-state index contributed by atoms with van der Waals surface area (Å²) in [6.45, 7) is 4.02. The highest BCUT2D eigenvalue weighted by Crippen LogP contribution is 2.28. The Balaban J connectivity index is 1.73. The molecule has 0 aliphatic carbocycles. The topological polar surface area (TPSA) is 76.4 Å². The average Bonchev–Trinajstić information content (AvgIpc) is 3.38. The lowest BCUT2D eigenvalue weighted by Gasteiger charge is -2.14. The second-order valence-electron chi connectivity index (χ2n) is 7.14. The molecule has 2 aromatic heterocycles. The highest BCUT2D eigenvalue weighted by molar-refractivity contribution is 5.95. The largest absolute Gasteiger partial charge is 0.497 e. The van der Waals surface area contributed by atoms with E-state index >= 15 is 0 Å². The lowest BCUT2D eigenvalue weighted by Crippen LogP contribution is -2.24. The fourth-order valence-corrected chi connectivity index (χ4v) is 3.76. The van der Waals surface area contributed by atoms with Crippen molar-refractivity contribution in [3.63, 3.8) is 0 Å². The number of aromatic nitrogens is 4. The molecule has 1 fully saturated rings. The second-order valence-corrected chi connectivity index (χ2v) is 7.14. The minimum Gasteiger partial charge on any atom is -0.497 e. The van der Waals surface area contributed by atoms with Gasteiger partial charge in [-0.25, -0.2) is 9.97 Å². The Labute approximate surface area is 162 Å². The normalized spacial score (nSPS) is 16.7. The van der Waals surface area contributed by atoms with Crippen LogP contribution in [0.25, 0.3) is 27.9 Å². The van der Waals surface area contributed by atoms with Crippen LogP contribution in [-0.4, -0.2) is 45.8 Å². The van der Waals surface area contributed by atoms with Gasteiger partial charge in [-0.1, -0.05) is 24.3 Å². The number of nitrogens with zero attached hydrogens (tertiary/aromatic N) is 4. The second kappa shape index (κ2) is 6.76. The molecule has 0 unspecified atom stereocenters. The zero-order valence-corrected chi connectivity index (χ0v) is 15.9. The van der Waals surface area contributed by atoms with E-state index in [4.69, 9.17) is 19.8 Å². The molecule has 5 rings (SSSR count). The van der Waals surface area contributed by atoms with E-state index in [1.165, 1.54) is 0 Å². The molecule has 2 aromatic carbocycles. The summed E-state index contributed by atoms with van der Waals surface area (Å²) in [4.78, 5) is 9.75. The van der Waals surface area contributed by atoms with E-state index in [1.54, 1.807) is 7.11 Å². The Morgan fingerprint density at radius 3 is 2.89 bits per heavy atom. The van der Waals surface area contributed by atoms with Crippen LogP contribution in [0.4, 0.5) is 5.95 Å². The van der Waals surface area contributed by atoms with Crippen molar-refractivity contribution in [2.24, 2.45) is 0 Å². The summed E-state index contributed by atoms with van der Waals surface area (Å²) < 4.78 is 7.19. The van der Waals surface area contributed by atoms with Crippen molar-refractivity contribution in [1.82, 2.24) is 24.9 Å². The van der Waals surface area contributed by atoms with E-state index in [-0.39, 0.29) is 0 Å². The van der Waals surface area contributed by atoms with Gasteiger partial charge in [-0.2, -0.15) is 4.52 Å². The molecule has 0 radical (unpaired) electrons. The highest BCUT2D eigenvalue weighted by Gasteiger charge is 2.20. The molecule has 1 aliphatic heterocycles. The van der Waals surface area contributed by atoms with Gasteiger partial charge in [0.05, 0.1) is 12.6 Å². The van der Waals surface area contributed by atoms with Gasteiger partial charge in [0.15, 0.2) is 11.5 Å². The smallest absolute Gasteiger partial charge is 0.226 e. The summed E-state index contributed by atoms with van der Waals surface area (Å²) in [6.07, 6.45) is 1.06. The van der Waals surface area contributed by atoms with Crippen LogP contribution in [0.1, 0.15) is 12.0 Å². The maximum atomic E-state index is 5.36. The van der Waals surface area contributed by atoms with Gasteiger partial charge in [0, 0.05) is 23.5 Å². The molecule has 0 bridgehead atoms. The third-order valence-corrected chi connectivity index (χ3v) is 5.23. The van der Waals surface area contributed by atoms with Crippen LogP contribution in [-0.2, 0) is 0 Å². The van der Waals surface area contributed by atoms with Crippen molar-refractivity contribution >= 4 is 22.5 Å². The van der Waals surface area contributed by atoms with Crippen LogP contribution >= 0.6 is 0 Å². The molecule has 0 spiro atoms. The first-order chi connectivity index (χ1) is 13.7. The zero-order chi connectivity index (χ0) is 19.1. The quantitative estimate of drug-likeness (QED) is 0.572. The Hall–Kier alpha value is -3.19. The molecule has 7 heteroatoms. The monoisotopic (exact) mass is 374 g/mol. The molecule has 1 saturated heterocycles. The standard InChI is InChI=1S/C21H22N6O/c1-13-5-3-8-17-18(13)20-25-19(14-6-4-7-16(11-14)28-2)26-27(20)21(24-17)23-15-9-10-22-12-15/h3-8,11,15,22H,9-10,12H2,1-2H3,(H,23,24)/t15-/m0/s1. The van der Waals surface area contributed by atoms with Gasteiger partial charge in [0.25, 0.3) is 0 Å². The van der Waals surface area contributed by atoms with Gasteiger partial charge in [-0.05, 0) is 43.7 Å². The summed E-state index contributed by atoms with van der Waals surface area (Å²) in [5, 5.41) is 12.7. The third kappa shape index (κ3) is 2.84. The van der Waals surface area contributed by atoms with Crippen molar-refractivity contribution in [3.8, 4) is 17.1 Å². The van der Waals surface area contributed by atoms with E-state index in [1.807, 2.05) is 40.9 Å². The van der Waals surface area contributed by atoms with E-state index in [0.717, 1.165) is 58.9 Å². The van der Waals surface area contributed by atoms with Crippen LogP contribution in [0, 0.1) is 6.92 Å². The summed E-state index contributed by atoms with van der Waals surface area (Å²) in [7, 11) is 1.66. The summed E-state index contributed by atoms with van der Waals surface area (Å²) in [5.41, 5.74) is 3.78. The molecule has 142 valence electrons. The Kier molecular flexibility index (Phi) is 4.09. The van der Waals surface area contributed by atoms with Gasteiger partial charge in [-0.15, -0.1) is 5.10 Å². The number of fused-ring (bicyclic) bond motifs is 3. The van der Waals surface area contributed by atoms with E-state index < -0.39 is 0 Å². The van der Waals surface area contributed by atoms with E-state index in [2.05, 4.69) is 23.6 Å². The number of hydrogen-bond acceptors (Lipinski definition) is 6. The average molecular weight is 374 g/mol. The van der Waals surface area contributed by atoms with Crippen LogP contribution in [0.5, 0.6) is 5.75 Å². The molecule has 7 nitrogen and oxygen atoms in total. The van der Waals surface area contributed by atoms with Crippen molar-refractivity contribution < 1.29 is 4.74 Å². The summed E-state index contributed by atoms with van der Waals surface area (Å²) in [5.74, 6) is 2.17. The summed E-state index contributed by atoms with van der Waals surface area (Å²) in [6, 6.07) is 14.3. The lowest BCUT2D eigenvalue weighted by atomic mass is 10.1. The number of aryl methyl sites for hydroxylation is 1. The van der Waals surface area contributed by atoms with Gasteiger partial charge >= 0.3 is 0 Å². The number of anilines is 1. The molecule has 28 heavy (non-hydrogen) atoms. The molecule has 2 N–H and O–H groups in total. The summed E-state index contributed by atoms with van der Waals surface area (Å²) >= 11 is 0. The molecule has 0 amide bonds. The Bertz CT molecular complexity index is 1160. The number of benzene rings is 2. The SMILES string of the molecule is COc1cccc(-c2nc3c4c(C)cccc4nc(N[C@H]4CCNC4)n3n2)c1. The van der Waals surface area contributed by atoms with Gasteiger partial charge in [-0.3, -0.25) is 0 Å². The van der Waals surface area contributed by atoms with Gasteiger partial charge in [0.1, 0.15) is 5.75 Å². The van der Waals surface area contributed by atoms with Crippen molar-refractivity contribution in [3.05, 3.63) is 48.0 Å².